The topological polar surface area (TPSA) is 68.8 Å². The molecule has 1 saturated heterocycles. The van der Waals surface area contributed by atoms with Gasteiger partial charge in [0, 0.05) is 19.0 Å². The lowest BCUT2D eigenvalue weighted by Gasteiger charge is -2.21. The molecule has 2 aromatic rings. The first-order valence-corrected chi connectivity index (χ1v) is 8.82. The Bertz CT molecular complexity index is 615. The largest absolute Gasteiger partial charge is 0.360 e. The highest BCUT2D eigenvalue weighted by atomic mass is 32.2. The second kappa shape index (κ2) is 6.83. The third-order valence-electron chi connectivity index (χ3n) is 4.09. The van der Waals surface area contributed by atoms with Gasteiger partial charge in [-0.1, -0.05) is 30.8 Å². The molecule has 2 aromatic heterocycles. The third-order valence-corrected chi connectivity index (χ3v) is 5.13. The highest BCUT2D eigenvalue weighted by Crippen LogP contribution is 2.28. The Morgan fingerprint density at radius 1 is 1.36 bits per heavy atom. The third kappa shape index (κ3) is 3.35. The van der Waals surface area contributed by atoms with E-state index >= 15 is 0 Å². The Morgan fingerprint density at radius 2 is 2.14 bits per heavy atom. The number of thioether (sulfide) groups is 1. The molecule has 3 rings (SSSR count). The van der Waals surface area contributed by atoms with E-state index in [-0.39, 0.29) is 0 Å². The van der Waals surface area contributed by atoms with E-state index in [1.807, 2.05) is 6.07 Å². The van der Waals surface area contributed by atoms with Crippen LogP contribution in [-0.2, 0) is 12.8 Å². The summed E-state index contributed by atoms with van der Waals surface area (Å²) in [5, 5.41) is 17.2. The predicted molar refractivity (Wildman–Crippen MR) is 86.0 cm³/mol. The molecule has 0 amide bonds. The standard InChI is InChI=1S/C15H23N5OS/c1-10(2)13-8-12(21-19-13)9-22-15-18-17-14(20(15)3)11-4-6-16-7-5-11/h8,10-11,16H,4-7,9H2,1-3H3. The average Bonchev–Trinajstić information content (AvgIpc) is 3.13. The number of piperidine rings is 1. The molecular formula is C15H23N5OS. The normalized spacial score (nSPS) is 16.5. The maximum atomic E-state index is 5.37. The Labute approximate surface area is 135 Å². The van der Waals surface area contributed by atoms with Gasteiger partial charge in [0.15, 0.2) is 5.16 Å². The van der Waals surface area contributed by atoms with Crippen molar-refractivity contribution in [3.05, 3.63) is 23.3 Å². The van der Waals surface area contributed by atoms with Gasteiger partial charge in [-0.05, 0) is 31.8 Å². The van der Waals surface area contributed by atoms with Crippen LogP contribution >= 0.6 is 11.8 Å². The second-order valence-corrected chi connectivity index (χ2v) is 7.03. The van der Waals surface area contributed by atoms with E-state index in [1.54, 1.807) is 11.8 Å². The van der Waals surface area contributed by atoms with Crippen LogP contribution in [0.3, 0.4) is 0 Å². The van der Waals surface area contributed by atoms with Gasteiger partial charge in [-0.2, -0.15) is 0 Å². The van der Waals surface area contributed by atoms with Gasteiger partial charge < -0.3 is 14.4 Å². The first kappa shape index (κ1) is 15.6. The lowest BCUT2D eigenvalue weighted by atomic mass is 9.97. The van der Waals surface area contributed by atoms with Crippen molar-refractivity contribution in [2.24, 2.45) is 7.05 Å². The van der Waals surface area contributed by atoms with Crippen LogP contribution in [0, 0.1) is 0 Å². The molecule has 22 heavy (non-hydrogen) atoms. The van der Waals surface area contributed by atoms with E-state index in [2.05, 4.69) is 46.1 Å². The van der Waals surface area contributed by atoms with E-state index in [0.717, 1.165) is 54.1 Å². The Kier molecular flexibility index (Phi) is 4.83. The van der Waals surface area contributed by atoms with E-state index < -0.39 is 0 Å². The quantitative estimate of drug-likeness (QED) is 0.854. The molecule has 0 radical (unpaired) electrons. The molecule has 0 saturated carbocycles. The van der Waals surface area contributed by atoms with Crippen molar-refractivity contribution < 1.29 is 4.52 Å². The first-order chi connectivity index (χ1) is 10.6. The summed E-state index contributed by atoms with van der Waals surface area (Å²) in [6, 6.07) is 2.03. The van der Waals surface area contributed by atoms with Crippen molar-refractivity contribution in [3.63, 3.8) is 0 Å². The number of nitrogens with one attached hydrogen (secondary N) is 1. The van der Waals surface area contributed by atoms with Crippen molar-refractivity contribution >= 4 is 11.8 Å². The van der Waals surface area contributed by atoms with Crippen LogP contribution in [0.4, 0.5) is 0 Å². The van der Waals surface area contributed by atoms with Crippen LogP contribution in [-0.4, -0.2) is 33.0 Å². The van der Waals surface area contributed by atoms with Crippen molar-refractivity contribution in [2.75, 3.05) is 13.1 Å². The minimum absolute atomic E-state index is 0.392. The SMILES string of the molecule is CC(C)c1cc(CSc2nnc(C3CCNCC3)n2C)on1. The Hall–Kier alpha value is -1.34. The fourth-order valence-electron chi connectivity index (χ4n) is 2.69. The monoisotopic (exact) mass is 321 g/mol. The predicted octanol–water partition coefficient (Wildman–Crippen LogP) is 2.69. The van der Waals surface area contributed by atoms with Crippen LogP contribution < -0.4 is 5.32 Å². The van der Waals surface area contributed by atoms with E-state index in [1.165, 1.54) is 0 Å². The summed E-state index contributed by atoms with van der Waals surface area (Å²) in [7, 11) is 2.06. The van der Waals surface area contributed by atoms with Crippen molar-refractivity contribution in [2.45, 2.75) is 49.4 Å². The molecule has 1 fully saturated rings. The molecular weight excluding hydrogens is 298 g/mol. The van der Waals surface area contributed by atoms with Crippen molar-refractivity contribution in [1.82, 2.24) is 25.2 Å². The fourth-order valence-corrected chi connectivity index (χ4v) is 3.49. The highest BCUT2D eigenvalue weighted by Gasteiger charge is 2.22. The molecule has 0 aliphatic carbocycles. The first-order valence-electron chi connectivity index (χ1n) is 7.83. The van der Waals surface area contributed by atoms with Gasteiger partial charge in [-0.3, -0.25) is 0 Å². The van der Waals surface area contributed by atoms with Crippen LogP contribution in [0.15, 0.2) is 15.7 Å². The molecule has 1 aliphatic rings. The van der Waals surface area contributed by atoms with Gasteiger partial charge in [-0.25, -0.2) is 0 Å². The number of hydrogen-bond acceptors (Lipinski definition) is 6. The van der Waals surface area contributed by atoms with Crippen molar-refractivity contribution in [1.29, 1.82) is 0 Å². The zero-order valence-corrected chi connectivity index (χ0v) is 14.2. The maximum absolute atomic E-state index is 5.37. The molecule has 0 aromatic carbocycles. The van der Waals surface area contributed by atoms with Crippen LogP contribution in [0.25, 0.3) is 0 Å². The minimum atomic E-state index is 0.392. The average molecular weight is 321 g/mol. The van der Waals surface area contributed by atoms with Gasteiger partial charge in [0.1, 0.15) is 11.6 Å². The summed E-state index contributed by atoms with van der Waals surface area (Å²) < 4.78 is 7.50. The molecule has 0 unspecified atom stereocenters. The van der Waals surface area contributed by atoms with Gasteiger partial charge in [0.2, 0.25) is 0 Å². The van der Waals surface area contributed by atoms with Gasteiger partial charge >= 0.3 is 0 Å². The molecule has 6 nitrogen and oxygen atoms in total. The van der Waals surface area contributed by atoms with Crippen molar-refractivity contribution in [3.8, 4) is 0 Å². The number of hydrogen-bond donors (Lipinski definition) is 1. The van der Waals surface area contributed by atoms with Gasteiger partial charge in [0.25, 0.3) is 0 Å². The lowest BCUT2D eigenvalue weighted by molar-refractivity contribution is 0.385. The highest BCUT2D eigenvalue weighted by molar-refractivity contribution is 7.98. The van der Waals surface area contributed by atoms with E-state index in [4.69, 9.17) is 4.52 Å². The number of aromatic nitrogens is 4. The Morgan fingerprint density at radius 3 is 2.82 bits per heavy atom. The summed E-state index contributed by atoms with van der Waals surface area (Å²) in [5.74, 6) is 3.64. The van der Waals surface area contributed by atoms with Gasteiger partial charge in [-0.15, -0.1) is 10.2 Å². The summed E-state index contributed by atoms with van der Waals surface area (Å²) in [6.45, 7) is 6.36. The van der Waals surface area contributed by atoms with Gasteiger partial charge in [0.05, 0.1) is 11.4 Å². The smallest absolute Gasteiger partial charge is 0.191 e. The number of nitrogens with zero attached hydrogens (tertiary/aromatic N) is 4. The lowest BCUT2D eigenvalue weighted by Crippen LogP contribution is -2.27. The summed E-state index contributed by atoms with van der Waals surface area (Å²) >= 11 is 1.65. The molecule has 1 N–H and O–H groups in total. The van der Waals surface area contributed by atoms with Crippen LogP contribution in [0.2, 0.25) is 0 Å². The second-order valence-electron chi connectivity index (χ2n) is 6.09. The van der Waals surface area contributed by atoms with Crippen LogP contribution in [0.1, 0.15) is 55.8 Å². The zero-order chi connectivity index (χ0) is 15.5. The van der Waals surface area contributed by atoms with E-state index in [9.17, 15) is 0 Å². The molecule has 3 heterocycles. The molecule has 1 aliphatic heterocycles. The van der Waals surface area contributed by atoms with Crippen LogP contribution in [0.5, 0.6) is 0 Å². The molecule has 120 valence electrons. The Balaban J connectivity index is 1.64. The maximum Gasteiger partial charge on any atom is 0.191 e. The molecule has 7 heteroatoms. The summed E-state index contributed by atoms with van der Waals surface area (Å²) in [6.07, 6.45) is 2.27. The summed E-state index contributed by atoms with van der Waals surface area (Å²) in [5.41, 5.74) is 1.00. The zero-order valence-electron chi connectivity index (χ0n) is 13.4. The molecule has 0 bridgehead atoms. The van der Waals surface area contributed by atoms with E-state index in [0.29, 0.717) is 11.8 Å². The number of rotatable bonds is 5. The fraction of sp³-hybridized carbons (Fsp3) is 0.667. The molecule has 0 atom stereocenters. The summed E-state index contributed by atoms with van der Waals surface area (Å²) in [4.78, 5) is 0. The molecule has 0 spiro atoms. The minimum Gasteiger partial charge on any atom is -0.360 e.